The third-order valence-electron chi connectivity index (χ3n) is 2.23. The Bertz CT molecular complexity index is 591. The molecule has 0 aromatic carbocycles. The van der Waals surface area contributed by atoms with Crippen LogP contribution >= 0.6 is 11.3 Å². The molecule has 8 heteroatoms. The van der Waals surface area contributed by atoms with Gasteiger partial charge in [0, 0.05) is 4.88 Å². The van der Waals surface area contributed by atoms with Gasteiger partial charge in [0.15, 0.2) is 5.69 Å². The lowest BCUT2D eigenvalue weighted by molar-refractivity contribution is 0.0528. The number of thiophene rings is 1. The Labute approximate surface area is 113 Å². The first-order valence-corrected chi connectivity index (χ1v) is 6.38. The number of amides is 1. The highest BCUT2D eigenvalue weighted by molar-refractivity contribution is 7.16. The lowest BCUT2D eigenvalue weighted by Crippen LogP contribution is -2.14. The van der Waals surface area contributed by atoms with Crippen molar-refractivity contribution in [3.8, 4) is 0 Å². The predicted molar refractivity (Wildman–Crippen MR) is 69.3 cm³/mol. The molecule has 0 aliphatic heterocycles. The lowest BCUT2D eigenvalue weighted by Gasteiger charge is -2.04. The molecule has 0 saturated heterocycles. The molecule has 2 aromatic heterocycles. The van der Waals surface area contributed by atoms with Crippen molar-refractivity contribution in [3.05, 3.63) is 28.4 Å². The second-order valence-electron chi connectivity index (χ2n) is 3.63. The van der Waals surface area contributed by atoms with E-state index in [-0.39, 0.29) is 12.3 Å². The summed E-state index contributed by atoms with van der Waals surface area (Å²) < 4.78 is 4.94. The van der Waals surface area contributed by atoms with Crippen molar-refractivity contribution in [2.75, 3.05) is 11.9 Å². The zero-order chi connectivity index (χ0) is 13.8. The number of esters is 1. The van der Waals surface area contributed by atoms with Crippen LogP contribution in [0.1, 0.15) is 32.6 Å². The topological polar surface area (TPSA) is 97.0 Å². The number of nitrogens with zero attached hydrogens (tertiary/aromatic N) is 2. The van der Waals surface area contributed by atoms with Gasteiger partial charge in [-0.2, -0.15) is 15.4 Å². The Morgan fingerprint density at radius 3 is 2.95 bits per heavy atom. The van der Waals surface area contributed by atoms with Crippen LogP contribution in [0.15, 0.2) is 12.3 Å². The Morgan fingerprint density at radius 2 is 2.32 bits per heavy atom. The quantitative estimate of drug-likeness (QED) is 0.829. The van der Waals surface area contributed by atoms with Crippen molar-refractivity contribution >= 4 is 28.2 Å². The number of hydrogen-bond donors (Lipinski definition) is 2. The highest BCUT2D eigenvalue weighted by atomic mass is 32.1. The van der Waals surface area contributed by atoms with Crippen LogP contribution in [0.3, 0.4) is 0 Å². The van der Waals surface area contributed by atoms with Gasteiger partial charge in [0.1, 0.15) is 5.00 Å². The van der Waals surface area contributed by atoms with Gasteiger partial charge in [-0.1, -0.05) is 0 Å². The van der Waals surface area contributed by atoms with Gasteiger partial charge in [0.25, 0.3) is 5.91 Å². The average molecular weight is 280 g/mol. The summed E-state index contributed by atoms with van der Waals surface area (Å²) in [5.41, 5.74) is 0.502. The van der Waals surface area contributed by atoms with Crippen LogP contribution in [-0.4, -0.2) is 33.9 Å². The van der Waals surface area contributed by atoms with Gasteiger partial charge >= 0.3 is 5.97 Å². The van der Waals surface area contributed by atoms with Crippen LogP contribution in [0.25, 0.3) is 0 Å². The summed E-state index contributed by atoms with van der Waals surface area (Å²) in [6.07, 6.45) is 1.31. The van der Waals surface area contributed by atoms with Gasteiger partial charge in [-0.05, 0) is 19.9 Å². The molecule has 2 N–H and O–H groups in total. The Hall–Kier alpha value is -2.22. The molecule has 2 rings (SSSR count). The Morgan fingerprint density at radius 1 is 1.53 bits per heavy atom. The third-order valence-corrected chi connectivity index (χ3v) is 3.19. The molecule has 0 bridgehead atoms. The molecule has 0 radical (unpaired) electrons. The van der Waals surface area contributed by atoms with Crippen LogP contribution in [0.2, 0.25) is 0 Å². The van der Waals surface area contributed by atoms with Gasteiger partial charge in [-0.25, -0.2) is 4.79 Å². The normalized spacial score (nSPS) is 10.2. The number of carbonyl (C=O) groups is 2. The monoisotopic (exact) mass is 280 g/mol. The van der Waals surface area contributed by atoms with Gasteiger partial charge in [-0.15, -0.1) is 11.3 Å². The molecule has 0 spiro atoms. The SMILES string of the molecule is CCOC(=O)c1cc(C)sc1NC(=O)c1cn[nH]n1. The molecule has 0 unspecified atom stereocenters. The first-order valence-electron chi connectivity index (χ1n) is 5.56. The van der Waals surface area contributed by atoms with Crippen LogP contribution in [0.4, 0.5) is 5.00 Å². The molecule has 19 heavy (non-hydrogen) atoms. The summed E-state index contributed by atoms with van der Waals surface area (Å²) in [5, 5.41) is 12.6. The number of rotatable bonds is 4. The van der Waals surface area contributed by atoms with Gasteiger partial charge in [-0.3, -0.25) is 4.79 Å². The number of ether oxygens (including phenoxy) is 1. The molecule has 0 aliphatic rings. The first kappa shape index (κ1) is 13.2. The van der Waals surface area contributed by atoms with Crippen LogP contribution in [-0.2, 0) is 4.74 Å². The maximum atomic E-state index is 11.8. The molecular weight excluding hydrogens is 268 g/mol. The molecule has 1 amide bonds. The third kappa shape index (κ3) is 2.97. The summed E-state index contributed by atoms with van der Waals surface area (Å²) in [7, 11) is 0. The van der Waals surface area contributed by atoms with Crippen molar-refractivity contribution in [1.29, 1.82) is 0 Å². The molecule has 0 atom stereocenters. The summed E-state index contributed by atoms with van der Waals surface area (Å²) in [6, 6.07) is 1.68. The highest BCUT2D eigenvalue weighted by Crippen LogP contribution is 2.28. The van der Waals surface area contributed by atoms with Crippen molar-refractivity contribution in [3.63, 3.8) is 0 Å². The number of nitrogens with one attached hydrogen (secondary N) is 2. The number of aromatic nitrogens is 3. The maximum Gasteiger partial charge on any atom is 0.341 e. The summed E-state index contributed by atoms with van der Waals surface area (Å²) >= 11 is 1.30. The van der Waals surface area contributed by atoms with E-state index < -0.39 is 11.9 Å². The number of anilines is 1. The fourth-order valence-electron chi connectivity index (χ4n) is 1.45. The summed E-state index contributed by atoms with van der Waals surface area (Å²) in [5.74, 6) is -0.886. The summed E-state index contributed by atoms with van der Waals surface area (Å²) in [6.45, 7) is 3.86. The van der Waals surface area contributed by atoms with E-state index >= 15 is 0 Å². The van der Waals surface area contributed by atoms with Gasteiger partial charge < -0.3 is 10.1 Å². The summed E-state index contributed by atoms with van der Waals surface area (Å²) in [4.78, 5) is 24.5. The largest absolute Gasteiger partial charge is 0.462 e. The van der Waals surface area contributed by atoms with Crippen LogP contribution < -0.4 is 5.32 Å². The minimum atomic E-state index is -0.456. The number of carbonyl (C=O) groups excluding carboxylic acids is 2. The molecule has 0 saturated carbocycles. The van der Waals surface area contributed by atoms with Crippen molar-refractivity contribution in [2.45, 2.75) is 13.8 Å². The van der Waals surface area contributed by atoms with Crippen LogP contribution in [0, 0.1) is 6.92 Å². The highest BCUT2D eigenvalue weighted by Gasteiger charge is 2.19. The maximum absolute atomic E-state index is 11.8. The second kappa shape index (κ2) is 5.61. The van der Waals surface area contributed by atoms with E-state index in [1.807, 2.05) is 6.92 Å². The number of hydrogen-bond acceptors (Lipinski definition) is 6. The van der Waals surface area contributed by atoms with Crippen molar-refractivity contribution in [2.24, 2.45) is 0 Å². The van der Waals surface area contributed by atoms with Gasteiger partial charge in [0.2, 0.25) is 0 Å². The Kier molecular flexibility index (Phi) is 3.91. The van der Waals surface area contributed by atoms with E-state index in [0.29, 0.717) is 10.6 Å². The first-order chi connectivity index (χ1) is 9.11. The van der Waals surface area contributed by atoms with Crippen molar-refractivity contribution in [1.82, 2.24) is 15.4 Å². The average Bonchev–Trinajstić information content (AvgIpc) is 2.98. The minimum absolute atomic E-state index is 0.154. The molecule has 0 aliphatic carbocycles. The Balaban J connectivity index is 2.20. The zero-order valence-electron chi connectivity index (χ0n) is 10.4. The smallest absolute Gasteiger partial charge is 0.341 e. The van der Waals surface area contributed by atoms with Crippen molar-refractivity contribution < 1.29 is 14.3 Å². The zero-order valence-corrected chi connectivity index (χ0v) is 11.2. The molecule has 2 heterocycles. The fourth-order valence-corrected chi connectivity index (χ4v) is 2.34. The fraction of sp³-hybridized carbons (Fsp3) is 0.273. The predicted octanol–water partition coefficient (Wildman–Crippen LogP) is 1.60. The molecule has 2 aromatic rings. The van der Waals surface area contributed by atoms with Crippen LogP contribution in [0.5, 0.6) is 0 Å². The molecule has 0 fully saturated rings. The van der Waals surface area contributed by atoms with E-state index in [9.17, 15) is 9.59 Å². The minimum Gasteiger partial charge on any atom is -0.462 e. The standard InChI is InChI=1S/C11H12N4O3S/c1-3-18-11(17)7-4-6(2)19-10(7)13-9(16)8-5-12-15-14-8/h4-5H,3H2,1-2H3,(H,13,16)(H,12,14,15). The number of H-pyrrole nitrogens is 1. The molecule has 7 nitrogen and oxygen atoms in total. The molecule has 100 valence electrons. The number of aryl methyl sites for hydroxylation is 1. The lowest BCUT2D eigenvalue weighted by atomic mass is 10.3. The number of aromatic amines is 1. The molecular formula is C11H12N4O3S. The second-order valence-corrected chi connectivity index (χ2v) is 4.89. The van der Waals surface area contributed by atoms with E-state index in [4.69, 9.17) is 4.74 Å². The van der Waals surface area contributed by atoms with E-state index in [1.165, 1.54) is 17.5 Å². The van der Waals surface area contributed by atoms with E-state index in [0.717, 1.165) is 4.88 Å². The van der Waals surface area contributed by atoms with E-state index in [1.54, 1.807) is 13.0 Å². The van der Waals surface area contributed by atoms with Gasteiger partial charge in [0.05, 0.1) is 18.4 Å². The van der Waals surface area contributed by atoms with E-state index in [2.05, 4.69) is 20.7 Å².